The summed E-state index contributed by atoms with van der Waals surface area (Å²) in [7, 11) is 0. The fourth-order valence-electron chi connectivity index (χ4n) is 2.39. The van der Waals surface area contributed by atoms with E-state index in [0.29, 0.717) is 17.3 Å². The Kier molecular flexibility index (Phi) is 5.17. The van der Waals surface area contributed by atoms with E-state index in [9.17, 15) is 0 Å². The number of nitrogens with one attached hydrogen (secondary N) is 1. The lowest BCUT2D eigenvalue weighted by Crippen LogP contribution is -2.24. The van der Waals surface area contributed by atoms with Crippen molar-refractivity contribution in [3.63, 3.8) is 0 Å². The summed E-state index contributed by atoms with van der Waals surface area (Å²) in [5, 5.41) is 20.3. The van der Waals surface area contributed by atoms with E-state index in [0.717, 1.165) is 18.8 Å². The number of hydrogen-bond donors (Lipinski definition) is 1. The third-order valence-corrected chi connectivity index (χ3v) is 3.71. The van der Waals surface area contributed by atoms with Crippen LogP contribution in [0.1, 0.15) is 18.1 Å². The minimum Gasteiger partial charge on any atom is -0.339 e. The van der Waals surface area contributed by atoms with Gasteiger partial charge < -0.3 is 10.2 Å². The number of hydrogen-bond acceptors (Lipinski definition) is 6. The molecule has 1 N–H and O–H groups in total. The normalized spacial score (nSPS) is 10.1. The van der Waals surface area contributed by atoms with Gasteiger partial charge in [-0.3, -0.25) is 0 Å². The fraction of sp³-hybridized carbons (Fsp3) is 0.158. The molecule has 0 radical (unpaired) electrons. The van der Waals surface area contributed by atoms with Crippen molar-refractivity contribution in [2.75, 3.05) is 16.8 Å². The lowest BCUT2D eigenvalue weighted by Gasteiger charge is -2.20. The van der Waals surface area contributed by atoms with Crippen LogP contribution in [0.25, 0.3) is 0 Å². The highest BCUT2D eigenvalue weighted by molar-refractivity contribution is 5.57. The molecule has 25 heavy (non-hydrogen) atoms. The Bertz CT molecular complexity index is 855. The molecule has 0 aliphatic carbocycles. The number of rotatable bonds is 6. The smallest absolute Gasteiger partial charge is 0.247 e. The molecule has 6 heteroatoms. The Hall–Kier alpha value is -3.46. The maximum atomic E-state index is 8.86. The molecule has 0 saturated heterocycles. The zero-order valence-electron chi connectivity index (χ0n) is 13.9. The summed E-state index contributed by atoms with van der Waals surface area (Å²) in [5.41, 5.74) is 2.65. The van der Waals surface area contributed by atoms with Gasteiger partial charge in [0.05, 0.1) is 17.8 Å². The van der Waals surface area contributed by atoms with Crippen LogP contribution in [0.15, 0.2) is 60.8 Å². The van der Waals surface area contributed by atoms with Crippen LogP contribution in [0.5, 0.6) is 0 Å². The molecule has 6 nitrogen and oxygen atoms in total. The first-order chi connectivity index (χ1) is 12.3. The number of anilines is 3. The average molecular weight is 330 g/mol. The summed E-state index contributed by atoms with van der Waals surface area (Å²) in [6, 6.07) is 19.5. The van der Waals surface area contributed by atoms with Crippen molar-refractivity contribution in [2.24, 2.45) is 0 Å². The molecule has 1 aromatic heterocycles. The molecule has 0 saturated carbocycles. The van der Waals surface area contributed by atoms with Gasteiger partial charge >= 0.3 is 0 Å². The lowest BCUT2D eigenvalue weighted by molar-refractivity contribution is 0.771. The van der Waals surface area contributed by atoms with Gasteiger partial charge in [0.15, 0.2) is 5.82 Å². The molecule has 0 aliphatic rings. The zero-order valence-corrected chi connectivity index (χ0v) is 13.9. The fourth-order valence-corrected chi connectivity index (χ4v) is 2.39. The molecule has 0 aliphatic heterocycles. The van der Waals surface area contributed by atoms with E-state index in [4.69, 9.17) is 5.26 Å². The third kappa shape index (κ3) is 4.30. The monoisotopic (exact) mass is 330 g/mol. The zero-order chi connectivity index (χ0) is 17.5. The minimum absolute atomic E-state index is 0.574. The summed E-state index contributed by atoms with van der Waals surface area (Å²) in [6.45, 7) is 3.56. The molecule has 0 amide bonds. The quantitative estimate of drug-likeness (QED) is 0.745. The SMILES string of the molecule is CCN(Cc1ccccc1)c1nncc(Nc2ccc(C#N)cc2)n1. The Labute approximate surface area is 146 Å². The molecule has 3 rings (SSSR count). The van der Waals surface area contributed by atoms with Gasteiger partial charge in [-0.2, -0.15) is 15.3 Å². The van der Waals surface area contributed by atoms with Gasteiger partial charge in [-0.05, 0) is 36.8 Å². The summed E-state index contributed by atoms with van der Waals surface area (Å²) in [6.07, 6.45) is 1.58. The van der Waals surface area contributed by atoms with Crippen LogP contribution in [-0.4, -0.2) is 21.7 Å². The van der Waals surface area contributed by atoms with Crippen molar-refractivity contribution in [3.05, 3.63) is 71.9 Å². The van der Waals surface area contributed by atoms with Crippen molar-refractivity contribution in [1.29, 1.82) is 5.26 Å². The van der Waals surface area contributed by atoms with Gasteiger partial charge in [-0.25, -0.2) is 0 Å². The predicted octanol–water partition coefficient (Wildman–Crippen LogP) is 3.51. The van der Waals surface area contributed by atoms with Crippen LogP contribution < -0.4 is 10.2 Å². The first-order valence-electron chi connectivity index (χ1n) is 8.04. The number of aromatic nitrogens is 3. The molecule has 2 aromatic carbocycles. The van der Waals surface area contributed by atoms with Crippen LogP contribution >= 0.6 is 0 Å². The van der Waals surface area contributed by atoms with Crippen molar-refractivity contribution in [3.8, 4) is 6.07 Å². The maximum Gasteiger partial charge on any atom is 0.247 e. The largest absolute Gasteiger partial charge is 0.339 e. The standard InChI is InChI=1S/C19H18N6/c1-2-25(14-16-6-4-3-5-7-16)19-23-18(13-21-24-19)22-17-10-8-15(12-20)9-11-17/h3-11,13H,2,14H2,1H3,(H,22,23,24). The molecule has 0 unspecified atom stereocenters. The second-order valence-corrected chi connectivity index (χ2v) is 5.46. The Morgan fingerprint density at radius 1 is 1.08 bits per heavy atom. The molecule has 1 heterocycles. The van der Waals surface area contributed by atoms with E-state index in [-0.39, 0.29) is 0 Å². The van der Waals surface area contributed by atoms with E-state index < -0.39 is 0 Å². The van der Waals surface area contributed by atoms with Crippen LogP contribution in [0.4, 0.5) is 17.5 Å². The average Bonchev–Trinajstić information content (AvgIpc) is 2.68. The van der Waals surface area contributed by atoms with Gasteiger partial charge in [0.25, 0.3) is 0 Å². The summed E-state index contributed by atoms with van der Waals surface area (Å²) < 4.78 is 0. The third-order valence-electron chi connectivity index (χ3n) is 3.71. The molecular formula is C19H18N6. The highest BCUT2D eigenvalue weighted by atomic mass is 15.3. The van der Waals surface area contributed by atoms with E-state index in [1.807, 2.05) is 30.3 Å². The number of nitrogens with zero attached hydrogens (tertiary/aromatic N) is 5. The Balaban J connectivity index is 1.76. The van der Waals surface area contributed by atoms with Crippen LogP contribution in [0, 0.1) is 11.3 Å². The van der Waals surface area contributed by atoms with Crippen LogP contribution in [-0.2, 0) is 6.54 Å². The van der Waals surface area contributed by atoms with E-state index in [1.165, 1.54) is 5.56 Å². The number of benzene rings is 2. The first kappa shape index (κ1) is 16.4. The van der Waals surface area contributed by atoms with Gasteiger partial charge in [-0.1, -0.05) is 30.3 Å². The number of nitriles is 1. The second-order valence-electron chi connectivity index (χ2n) is 5.46. The molecule has 0 spiro atoms. The van der Waals surface area contributed by atoms with Crippen molar-refractivity contribution in [2.45, 2.75) is 13.5 Å². The highest BCUT2D eigenvalue weighted by Gasteiger charge is 2.10. The molecule has 3 aromatic rings. The topological polar surface area (TPSA) is 77.7 Å². The van der Waals surface area contributed by atoms with Gasteiger partial charge in [0.1, 0.15) is 0 Å². The predicted molar refractivity (Wildman–Crippen MR) is 97.4 cm³/mol. The van der Waals surface area contributed by atoms with Crippen molar-refractivity contribution < 1.29 is 0 Å². The summed E-state index contributed by atoms with van der Waals surface area (Å²) in [4.78, 5) is 6.62. The second kappa shape index (κ2) is 7.88. The van der Waals surface area contributed by atoms with E-state index in [1.54, 1.807) is 18.3 Å². The Morgan fingerprint density at radius 3 is 2.52 bits per heavy atom. The highest BCUT2D eigenvalue weighted by Crippen LogP contribution is 2.17. The minimum atomic E-state index is 0.574. The van der Waals surface area contributed by atoms with Crippen LogP contribution in [0.3, 0.4) is 0 Å². The molecular weight excluding hydrogens is 312 g/mol. The van der Waals surface area contributed by atoms with Crippen molar-refractivity contribution >= 4 is 17.5 Å². The maximum absolute atomic E-state index is 8.86. The van der Waals surface area contributed by atoms with Gasteiger partial charge in [0.2, 0.25) is 5.95 Å². The van der Waals surface area contributed by atoms with E-state index in [2.05, 4.69) is 50.5 Å². The molecule has 0 bridgehead atoms. The molecule has 0 fully saturated rings. The first-order valence-corrected chi connectivity index (χ1v) is 8.04. The van der Waals surface area contributed by atoms with Gasteiger partial charge in [-0.15, -0.1) is 5.10 Å². The molecule has 0 atom stereocenters. The molecule has 124 valence electrons. The van der Waals surface area contributed by atoms with Crippen LogP contribution in [0.2, 0.25) is 0 Å². The van der Waals surface area contributed by atoms with Gasteiger partial charge in [0, 0.05) is 18.8 Å². The van der Waals surface area contributed by atoms with Crippen molar-refractivity contribution in [1.82, 2.24) is 15.2 Å². The Morgan fingerprint density at radius 2 is 1.84 bits per heavy atom. The lowest BCUT2D eigenvalue weighted by atomic mass is 10.2. The van der Waals surface area contributed by atoms with E-state index >= 15 is 0 Å². The summed E-state index contributed by atoms with van der Waals surface area (Å²) in [5.74, 6) is 1.19. The summed E-state index contributed by atoms with van der Waals surface area (Å²) >= 11 is 0.